The van der Waals surface area contributed by atoms with Crippen LogP contribution < -0.4 is 0 Å². The van der Waals surface area contributed by atoms with Gasteiger partial charge >= 0.3 is 0 Å². The highest BCUT2D eigenvalue weighted by molar-refractivity contribution is 6.12. The van der Waals surface area contributed by atoms with Gasteiger partial charge in [0.15, 0.2) is 11.6 Å². The highest BCUT2D eigenvalue weighted by atomic mass is 15.2. The van der Waals surface area contributed by atoms with E-state index in [1.807, 2.05) is 48.5 Å². The number of aromatic nitrogens is 5. The van der Waals surface area contributed by atoms with Crippen molar-refractivity contribution in [2.24, 2.45) is 0 Å². The van der Waals surface area contributed by atoms with Crippen LogP contribution in [0.4, 0.5) is 0 Å². The molecule has 0 aliphatic carbocycles. The first-order valence-corrected chi connectivity index (χ1v) is 23.4. The number of aryl methyl sites for hydroxylation is 2. The largest absolute Gasteiger partial charge is 0.308 e. The predicted molar refractivity (Wildman–Crippen MR) is 282 cm³/mol. The van der Waals surface area contributed by atoms with Crippen LogP contribution in [0, 0.1) is 25.2 Å². The molecule has 68 heavy (non-hydrogen) atoms. The van der Waals surface area contributed by atoms with Gasteiger partial charge in [0.05, 0.1) is 33.3 Å². The Morgan fingerprint density at radius 2 is 0.824 bits per heavy atom. The summed E-state index contributed by atoms with van der Waals surface area (Å²) in [6, 6.07) is 62.9. The van der Waals surface area contributed by atoms with E-state index in [9.17, 15) is 5.26 Å². The van der Waals surface area contributed by atoms with Crippen molar-refractivity contribution in [1.29, 1.82) is 5.26 Å². The average molecular weight is 881 g/mol. The maximum absolute atomic E-state index is 11.1. The highest BCUT2D eigenvalue weighted by Gasteiger charge is 2.24. The summed E-state index contributed by atoms with van der Waals surface area (Å²) >= 11 is 0. The fraction of sp³-hybridized carbons (Fsp3) is 0.161. The van der Waals surface area contributed by atoms with Gasteiger partial charge in [-0.3, -0.25) is 4.57 Å². The van der Waals surface area contributed by atoms with Crippen LogP contribution in [0.1, 0.15) is 69.4 Å². The molecule has 6 nitrogen and oxygen atoms in total. The zero-order valence-electron chi connectivity index (χ0n) is 39.8. The molecule has 0 spiro atoms. The molecule has 6 heteroatoms. The number of rotatable bonds is 6. The number of hydrogen-bond donors (Lipinski definition) is 0. The minimum absolute atomic E-state index is 0.0381. The molecule has 0 aliphatic rings. The summed E-state index contributed by atoms with van der Waals surface area (Å²) in [6.45, 7) is 17.8. The smallest absolute Gasteiger partial charge is 0.238 e. The Bertz CT molecular complexity index is 3640. The summed E-state index contributed by atoms with van der Waals surface area (Å²) in [4.78, 5) is 15.7. The molecule has 0 saturated carbocycles. The van der Waals surface area contributed by atoms with Gasteiger partial charge in [0.1, 0.15) is 6.07 Å². The molecule has 330 valence electrons. The highest BCUT2D eigenvalue weighted by Crippen LogP contribution is 2.40. The third kappa shape index (κ3) is 7.41. The second-order valence-electron chi connectivity index (χ2n) is 20.3. The minimum Gasteiger partial charge on any atom is -0.308 e. The molecule has 0 saturated heterocycles. The zero-order chi connectivity index (χ0) is 47.1. The molecule has 0 atom stereocenters. The first kappa shape index (κ1) is 42.5. The Labute approximate surface area is 397 Å². The van der Waals surface area contributed by atoms with E-state index in [0.29, 0.717) is 23.2 Å². The van der Waals surface area contributed by atoms with Gasteiger partial charge in [-0.2, -0.15) is 15.2 Å². The molecule has 0 unspecified atom stereocenters. The second kappa shape index (κ2) is 16.0. The number of benzene rings is 8. The van der Waals surface area contributed by atoms with Crippen molar-refractivity contribution in [2.75, 3.05) is 0 Å². The Morgan fingerprint density at radius 3 is 1.31 bits per heavy atom. The van der Waals surface area contributed by atoms with E-state index < -0.39 is 0 Å². The van der Waals surface area contributed by atoms with Crippen molar-refractivity contribution >= 4 is 43.6 Å². The van der Waals surface area contributed by atoms with Crippen LogP contribution in [0.2, 0.25) is 0 Å². The molecule has 8 aromatic carbocycles. The van der Waals surface area contributed by atoms with Gasteiger partial charge in [-0.15, -0.1) is 0 Å². The third-order valence-corrected chi connectivity index (χ3v) is 13.5. The van der Waals surface area contributed by atoms with Gasteiger partial charge in [-0.25, -0.2) is 4.98 Å². The monoisotopic (exact) mass is 880 g/mol. The molecule has 11 rings (SSSR count). The topological polar surface area (TPSA) is 72.3 Å². The summed E-state index contributed by atoms with van der Waals surface area (Å²) in [5.74, 6) is 1.55. The lowest BCUT2D eigenvalue weighted by Crippen LogP contribution is -2.10. The van der Waals surface area contributed by atoms with Crippen molar-refractivity contribution in [3.8, 4) is 62.7 Å². The SMILES string of the molecule is Cc1ccc(-c2ccc3c(c2)c2cc(-c4ccc(C)cc4)ccc2n3-c2ccc(-c3nc(-c4ccccc4)nc(-n4c5ccc(C(C)(C)C)cc5c5cc(C(C)(C)C)ccc54)n3)cc2C#N)cc1. The van der Waals surface area contributed by atoms with Gasteiger partial charge in [0.25, 0.3) is 0 Å². The van der Waals surface area contributed by atoms with Crippen molar-refractivity contribution < 1.29 is 0 Å². The zero-order valence-corrected chi connectivity index (χ0v) is 39.8. The van der Waals surface area contributed by atoms with E-state index in [-0.39, 0.29) is 10.8 Å². The van der Waals surface area contributed by atoms with E-state index in [2.05, 4.69) is 192 Å². The Kier molecular flexibility index (Phi) is 10.0. The third-order valence-electron chi connectivity index (χ3n) is 13.5. The number of fused-ring (bicyclic) bond motifs is 6. The molecular formula is C62H52N6. The fourth-order valence-corrected chi connectivity index (χ4v) is 9.58. The molecule has 11 aromatic rings. The quantitative estimate of drug-likeness (QED) is 0.167. The van der Waals surface area contributed by atoms with Crippen molar-refractivity contribution in [2.45, 2.75) is 66.2 Å². The van der Waals surface area contributed by atoms with Crippen LogP contribution in [0.5, 0.6) is 0 Å². The summed E-state index contributed by atoms with van der Waals surface area (Å²) < 4.78 is 4.41. The molecular weight excluding hydrogens is 829 g/mol. The van der Waals surface area contributed by atoms with Crippen LogP contribution in [0.3, 0.4) is 0 Å². The van der Waals surface area contributed by atoms with Gasteiger partial charge in [-0.1, -0.05) is 156 Å². The van der Waals surface area contributed by atoms with Gasteiger partial charge in [0, 0.05) is 32.7 Å². The molecule has 0 amide bonds. The van der Waals surface area contributed by atoms with Crippen LogP contribution in [-0.4, -0.2) is 24.1 Å². The first-order valence-electron chi connectivity index (χ1n) is 23.4. The minimum atomic E-state index is -0.0381. The molecule has 0 fully saturated rings. The molecule has 0 radical (unpaired) electrons. The Balaban J connectivity index is 1.11. The number of hydrogen-bond acceptors (Lipinski definition) is 4. The van der Waals surface area contributed by atoms with Gasteiger partial charge in [0.2, 0.25) is 5.95 Å². The molecule has 0 aliphatic heterocycles. The molecule has 3 aromatic heterocycles. The average Bonchev–Trinajstić information content (AvgIpc) is 3.85. The van der Waals surface area contributed by atoms with E-state index in [1.165, 1.54) is 22.3 Å². The Hall–Kier alpha value is -8.14. The van der Waals surface area contributed by atoms with Crippen LogP contribution in [0.15, 0.2) is 170 Å². The van der Waals surface area contributed by atoms with Gasteiger partial charge in [-0.05, 0) is 125 Å². The fourth-order valence-electron chi connectivity index (χ4n) is 9.58. The molecule has 0 bridgehead atoms. The number of nitriles is 1. The standard InChI is InChI=1S/C62H52N6/c1-38-14-18-40(19-15-38)43-22-28-54-49(33-43)50-34-44(41-20-16-39(2)17-21-41)23-29-55(50)67(54)53-27-24-45(32-46(53)37-63)59-64-58(42-12-10-9-11-13-42)65-60(66-59)68-56-30-25-47(61(3,4)5)35-51(56)52-36-48(62(6,7)8)26-31-57(52)68/h9-36H,1-8H3. The van der Waals surface area contributed by atoms with Crippen LogP contribution >= 0.6 is 0 Å². The predicted octanol–water partition coefficient (Wildman–Crippen LogP) is 15.8. The maximum Gasteiger partial charge on any atom is 0.238 e. The van der Waals surface area contributed by atoms with Crippen molar-refractivity contribution in [3.05, 3.63) is 198 Å². The van der Waals surface area contributed by atoms with E-state index in [0.717, 1.165) is 82.7 Å². The van der Waals surface area contributed by atoms with E-state index in [1.54, 1.807) is 0 Å². The lowest BCUT2D eigenvalue weighted by atomic mass is 9.85. The number of nitrogens with zero attached hydrogens (tertiary/aromatic N) is 6. The maximum atomic E-state index is 11.1. The Morgan fingerprint density at radius 1 is 0.397 bits per heavy atom. The van der Waals surface area contributed by atoms with E-state index in [4.69, 9.17) is 15.0 Å². The van der Waals surface area contributed by atoms with Crippen molar-refractivity contribution in [1.82, 2.24) is 24.1 Å². The van der Waals surface area contributed by atoms with Gasteiger partial charge < -0.3 is 4.57 Å². The summed E-state index contributed by atoms with van der Waals surface area (Å²) in [6.07, 6.45) is 0. The molecule has 0 N–H and O–H groups in total. The lowest BCUT2D eigenvalue weighted by molar-refractivity contribution is 0.590. The summed E-state index contributed by atoms with van der Waals surface area (Å²) in [7, 11) is 0. The van der Waals surface area contributed by atoms with E-state index >= 15 is 0 Å². The first-order chi connectivity index (χ1) is 32.7. The lowest BCUT2D eigenvalue weighted by Gasteiger charge is -2.19. The second-order valence-corrected chi connectivity index (χ2v) is 20.3. The summed E-state index contributed by atoms with van der Waals surface area (Å²) in [5, 5.41) is 15.6. The normalized spacial score (nSPS) is 12.1. The van der Waals surface area contributed by atoms with Crippen molar-refractivity contribution in [3.63, 3.8) is 0 Å². The van der Waals surface area contributed by atoms with Crippen LogP contribution in [-0.2, 0) is 10.8 Å². The molecule has 3 heterocycles. The summed E-state index contributed by atoms with van der Waals surface area (Å²) in [5.41, 5.74) is 16.5. The van der Waals surface area contributed by atoms with Crippen LogP contribution in [0.25, 0.3) is 100 Å².